The van der Waals surface area contributed by atoms with Crippen molar-refractivity contribution in [1.29, 1.82) is 0 Å². The maximum atomic E-state index is 12.1. The van der Waals surface area contributed by atoms with Crippen LogP contribution in [-0.2, 0) is 4.79 Å². The van der Waals surface area contributed by atoms with Gasteiger partial charge in [0.2, 0.25) is 5.91 Å². The van der Waals surface area contributed by atoms with E-state index >= 15 is 0 Å². The van der Waals surface area contributed by atoms with Gasteiger partial charge in [0.15, 0.2) is 0 Å². The Labute approximate surface area is 98.0 Å². The molecule has 1 amide bonds. The van der Waals surface area contributed by atoms with Crippen LogP contribution in [0, 0.1) is 5.41 Å². The second-order valence-electron chi connectivity index (χ2n) is 5.67. The smallest absolute Gasteiger partial charge is 0.239 e. The highest BCUT2D eigenvalue weighted by atomic mass is 16.2. The van der Waals surface area contributed by atoms with Gasteiger partial charge >= 0.3 is 0 Å². The normalized spacial score (nSPS) is 28.6. The first-order valence-electron chi connectivity index (χ1n) is 6.19. The van der Waals surface area contributed by atoms with Gasteiger partial charge in [0.25, 0.3) is 0 Å². The summed E-state index contributed by atoms with van der Waals surface area (Å²) in [4.78, 5) is 16.3. The average Bonchev–Trinajstić information content (AvgIpc) is 3.00. The lowest BCUT2D eigenvalue weighted by Crippen LogP contribution is -2.44. The molecule has 1 aliphatic carbocycles. The van der Waals surface area contributed by atoms with Crippen LogP contribution in [0.5, 0.6) is 0 Å². The molecular formula is C12H23N3O. The molecule has 92 valence electrons. The Kier molecular flexibility index (Phi) is 3.22. The minimum atomic E-state index is -0.0119. The molecule has 1 saturated carbocycles. The Hall–Kier alpha value is -0.610. The number of likely N-dealkylation sites (N-methyl/N-ethyl adjacent to an activating group) is 1. The van der Waals surface area contributed by atoms with Crippen LogP contribution < -0.4 is 5.32 Å². The molecule has 0 bridgehead atoms. The Morgan fingerprint density at radius 1 is 1.50 bits per heavy atom. The maximum absolute atomic E-state index is 12.1. The van der Waals surface area contributed by atoms with Crippen molar-refractivity contribution in [2.45, 2.75) is 25.8 Å². The lowest BCUT2D eigenvalue weighted by atomic mass is 10.1. The Balaban J connectivity index is 1.98. The van der Waals surface area contributed by atoms with E-state index in [1.165, 1.54) is 12.8 Å². The van der Waals surface area contributed by atoms with Gasteiger partial charge in [-0.3, -0.25) is 4.79 Å². The molecule has 2 aliphatic rings. The van der Waals surface area contributed by atoms with E-state index < -0.39 is 0 Å². The van der Waals surface area contributed by atoms with E-state index in [0.29, 0.717) is 5.41 Å². The van der Waals surface area contributed by atoms with Gasteiger partial charge in [0.05, 0.1) is 6.04 Å². The molecule has 1 aliphatic heterocycles. The van der Waals surface area contributed by atoms with E-state index in [-0.39, 0.29) is 11.9 Å². The van der Waals surface area contributed by atoms with Crippen LogP contribution in [0.15, 0.2) is 0 Å². The van der Waals surface area contributed by atoms with E-state index in [9.17, 15) is 4.79 Å². The van der Waals surface area contributed by atoms with Gasteiger partial charge < -0.3 is 15.1 Å². The third-order valence-corrected chi connectivity index (χ3v) is 3.77. The van der Waals surface area contributed by atoms with Gasteiger partial charge in [-0.2, -0.15) is 0 Å². The van der Waals surface area contributed by atoms with Crippen LogP contribution in [0.4, 0.5) is 0 Å². The topological polar surface area (TPSA) is 35.6 Å². The van der Waals surface area contributed by atoms with Crippen molar-refractivity contribution < 1.29 is 4.79 Å². The van der Waals surface area contributed by atoms with E-state index in [1.807, 2.05) is 6.92 Å². The molecule has 4 heteroatoms. The fraction of sp³-hybridized carbons (Fsp3) is 0.917. The summed E-state index contributed by atoms with van der Waals surface area (Å²) >= 11 is 0. The van der Waals surface area contributed by atoms with E-state index in [0.717, 1.165) is 26.2 Å². The fourth-order valence-corrected chi connectivity index (χ4v) is 2.29. The van der Waals surface area contributed by atoms with Crippen molar-refractivity contribution in [3.63, 3.8) is 0 Å². The van der Waals surface area contributed by atoms with Crippen molar-refractivity contribution in [3.05, 3.63) is 0 Å². The first kappa shape index (κ1) is 11.9. The third kappa shape index (κ3) is 2.55. The summed E-state index contributed by atoms with van der Waals surface area (Å²) in [6, 6.07) is -0.0119. The molecule has 16 heavy (non-hydrogen) atoms. The largest absolute Gasteiger partial charge is 0.339 e. The van der Waals surface area contributed by atoms with Crippen LogP contribution in [0.3, 0.4) is 0 Å². The highest BCUT2D eigenvalue weighted by Crippen LogP contribution is 2.46. The molecule has 0 radical (unpaired) electrons. The number of carbonyl (C=O) groups is 1. The molecule has 0 aromatic rings. The summed E-state index contributed by atoms with van der Waals surface area (Å²) in [6.07, 6.45) is 2.55. The Morgan fingerprint density at radius 2 is 2.19 bits per heavy atom. The van der Waals surface area contributed by atoms with Gasteiger partial charge in [-0.15, -0.1) is 0 Å². The zero-order chi connectivity index (χ0) is 11.8. The minimum absolute atomic E-state index is 0.0119. The maximum Gasteiger partial charge on any atom is 0.239 e. The summed E-state index contributed by atoms with van der Waals surface area (Å²) in [6.45, 7) is 5.76. The lowest BCUT2D eigenvalue weighted by Gasteiger charge is -2.26. The number of nitrogens with zero attached hydrogens (tertiary/aromatic N) is 2. The van der Waals surface area contributed by atoms with Crippen LogP contribution in [0.2, 0.25) is 0 Å². The minimum Gasteiger partial charge on any atom is -0.339 e. The Morgan fingerprint density at radius 3 is 2.75 bits per heavy atom. The van der Waals surface area contributed by atoms with Crippen LogP contribution in [0.25, 0.3) is 0 Å². The number of carbonyl (C=O) groups excluding carboxylic acids is 1. The number of nitrogens with one attached hydrogen (secondary N) is 1. The predicted octanol–water partition coefficient (Wildman–Crippen LogP) is 0.149. The Bertz CT molecular complexity index is 273. The molecule has 1 unspecified atom stereocenters. The average molecular weight is 225 g/mol. The van der Waals surface area contributed by atoms with Gasteiger partial charge in [-0.05, 0) is 33.9 Å². The van der Waals surface area contributed by atoms with Gasteiger partial charge in [0, 0.05) is 31.6 Å². The van der Waals surface area contributed by atoms with Gasteiger partial charge in [-0.1, -0.05) is 0 Å². The molecule has 0 aromatic heterocycles. The molecule has 4 nitrogen and oxygen atoms in total. The second-order valence-corrected chi connectivity index (χ2v) is 5.67. The summed E-state index contributed by atoms with van der Waals surface area (Å²) in [5.41, 5.74) is 0.409. The summed E-state index contributed by atoms with van der Waals surface area (Å²) < 4.78 is 0. The summed E-state index contributed by atoms with van der Waals surface area (Å²) in [7, 11) is 4.10. The molecule has 2 rings (SSSR count). The van der Waals surface area contributed by atoms with E-state index in [2.05, 4.69) is 29.2 Å². The van der Waals surface area contributed by atoms with Gasteiger partial charge in [-0.25, -0.2) is 0 Å². The molecule has 1 spiro atoms. The SMILES string of the molecule is CC1NCC2(CC2)CN(CCN(C)C)C1=O. The lowest BCUT2D eigenvalue weighted by molar-refractivity contribution is -0.132. The van der Waals surface area contributed by atoms with Crippen LogP contribution >= 0.6 is 0 Å². The second kappa shape index (κ2) is 4.34. The standard InChI is InChI=1S/C12H23N3O/c1-10-11(16)15(7-6-14(2)3)9-12(4-5-12)8-13-10/h10,13H,4-9H2,1-3H3. The number of rotatable bonds is 3. The van der Waals surface area contributed by atoms with Crippen molar-refractivity contribution in [1.82, 2.24) is 15.1 Å². The first-order valence-corrected chi connectivity index (χ1v) is 6.19. The molecule has 1 N–H and O–H groups in total. The molecular weight excluding hydrogens is 202 g/mol. The third-order valence-electron chi connectivity index (χ3n) is 3.77. The van der Waals surface area contributed by atoms with Crippen molar-refractivity contribution in [3.8, 4) is 0 Å². The van der Waals surface area contributed by atoms with Crippen LogP contribution in [-0.4, -0.2) is 62.0 Å². The first-order chi connectivity index (χ1) is 7.52. The summed E-state index contributed by atoms with van der Waals surface area (Å²) in [5, 5.41) is 3.36. The molecule has 1 heterocycles. The van der Waals surface area contributed by atoms with Crippen molar-refractivity contribution in [2.24, 2.45) is 5.41 Å². The zero-order valence-electron chi connectivity index (χ0n) is 10.6. The quantitative estimate of drug-likeness (QED) is 0.742. The van der Waals surface area contributed by atoms with Gasteiger partial charge in [0.1, 0.15) is 0 Å². The number of hydrogen-bond acceptors (Lipinski definition) is 3. The molecule has 1 saturated heterocycles. The monoisotopic (exact) mass is 225 g/mol. The van der Waals surface area contributed by atoms with E-state index in [1.54, 1.807) is 0 Å². The van der Waals surface area contributed by atoms with Crippen molar-refractivity contribution >= 4 is 5.91 Å². The van der Waals surface area contributed by atoms with Crippen LogP contribution in [0.1, 0.15) is 19.8 Å². The molecule has 0 aromatic carbocycles. The fourth-order valence-electron chi connectivity index (χ4n) is 2.29. The molecule has 2 fully saturated rings. The highest BCUT2D eigenvalue weighted by molar-refractivity contribution is 5.82. The van der Waals surface area contributed by atoms with E-state index in [4.69, 9.17) is 0 Å². The predicted molar refractivity (Wildman–Crippen MR) is 64.3 cm³/mol. The molecule has 1 atom stereocenters. The highest BCUT2D eigenvalue weighted by Gasteiger charge is 2.47. The zero-order valence-corrected chi connectivity index (χ0v) is 10.6. The van der Waals surface area contributed by atoms with Crippen molar-refractivity contribution in [2.75, 3.05) is 40.3 Å². The summed E-state index contributed by atoms with van der Waals surface area (Å²) in [5.74, 6) is 0.269. The number of hydrogen-bond donors (Lipinski definition) is 1. The number of amides is 1.